The number of nitrogens with one attached hydrogen (secondary N) is 1. The summed E-state index contributed by atoms with van der Waals surface area (Å²) in [6, 6.07) is 3.67. The van der Waals surface area contributed by atoms with E-state index in [0.717, 1.165) is 35.2 Å². The number of rotatable bonds is 2. The second kappa shape index (κ2) is 4.41. The number of hydrogen-bond acceptors (Lipinski definition) is 3. The van der Waals surface area contributed by atoms with Gasteiger partial charge in [0, 0.05) is 11.6 Å². The van der Waals surface area contributed by atoms with Gasteiger partial charge < -0.3 is 15.2 Å². The molecule has 0 spiro atoms. The topological polar surface area (TPSA) is 41.5 Å². The Morgan fingerprint density at radius 2 is 2.33 bits per heavy atom. The van der Waals surface area contributed by atoms with Gasteiger partial charge in [-0.05, 0) is 47.4 Å². The summed E-state index contributed by atoms with van der Waals surface area (Å²) in [5, 5.41) is 13.2. The molecule has 15 heavy (non-hydrogen) atoms. The Morgan fingerprint density at radius 1 is 1.53 bits per heavy atom. The lowest BCUT2D eigenvalue weighted by atomic mass is 10.0. The predicted molar refractivity (Wildman–Crippen MR) is 62.3 cm³/mol. The molecule has 1 aromatic rings. The van der Waals surface area contributed by atoms with Crippen LogP contribution in [0.15, 0.2) is 16.6 Å². The predicted octanol–water partition coefficient (Wildman–Crippen LogP) is 2.59. The van der Waals surface area contributed by atoms with E-state index in [-0.39, 0.29) is 6.04 Å². The monoisotopic (exact) mass is 271 g/mol. The molecule has 3 nitrogen and oxygen atoms in total. The van der Waals surface area contributed by atoms with Crippen molar-refractivity contribution in [3.8, 4) is 11.5 Å². The number of aromatic hydroxyl groups is 1. The van der Waals surface area contributed by atoms with Crippen LogP contribution >= 0.6 is 15.9 Å². The molecular formula is C11H14BrNO2. The van der Waals surface area contributed by atoms with Gasteiger partial charge in [-0.3, -0.25) is 0 Å². The van der Waals surface area contributed by atoms with Gasteiger partial charge in [0.2, 0.25) is 0 Å². The molecule has 1 aromatic carbocycles. The Labute approximate surface area is 97.6 Å². The van der Waals surface area contributed by atoms with Gasteiger partial charge in [0.25, 0.3) is 0 Å². The highest BCUT2D eigenvalue weighted by Gasteiger charge is 2.23. The van der Waals surface area contributed by atoms with E-state index in [1.54, 1.807) is 19.2 Å². The third-order valence-corrected chi connectivity index (χ3v) is 3.57. The third kappa shape index (κ3) is 1.96. The molecule has 1 aliphatic heterocycles. The molecule has 1 atom stereocenters. The zero-order chi connectivity index (χ0) is 10.8. The van der Waals surface area contributed by atoms with Gasteiger partial charge in [-0.1, -0.05) is 0 Å². The van der Waals surface area contributed by atoms with Crippen molar-refractivity contribution in [2.24, 2.45) is 0 Å². The number of phenolic OH excluding ortho intramolecular Hbond substituents is 1. The van der Waals surface area contributed by atoms with Crippen LogP contribution < -0.4 is 10.1 Å². The average molecular weight is 272 g/mol. The summed E-state index contributed by atoms with van der Waals surface area (Å²) < 4.78 is 6.07. The van der Waals surface area contributed by atoms with Crippen molar-refractivity contribution < 1.29 is 9.84 Å². The van der Waals surface area contributed by atoms with Gasteiger partial charge >= 0.3 is 0 Å². The number of halogens is 1. The normalized spacial score (nSPS) is 20.5. The SMILES string of the molecule is COc1ccc(O)c(C2CCCN2)c1Br. The van der Waals surface area contributed by atoms with Gasteiger partial charge in [0.15, 0.2) is 0 Å². The molecule has 0 bridgehead atoms. The van der Waals surface area contributed by atoms with Crippen molar-refractivity contribution in [1.29, 1.82) is 0 Å². The zero-order valence-corrected chi connectivity index (χ0v) is 10.2. The number of methoxy groups -OCH3 is 1. The van der Waals surface area contributed by atoms with Crippen LogP contribution in [0.5, 0.6) is 11.5 Å². The van der Waals surface area contributed by atoms with Crippen LogP contribution in [0.2, 0.25) is 0 Å². The summed E-state index contributed by atoms with van der Waals surface area (Å²) in [6.07, 6.45) is 2.20. The number of ether oxygens (including phenoxy) is 1. The van der Waals surface area contributed by atoms with Crippen LogP contribution in [0.25, 0.3) is 0 Å². The van der Waals surface area contributed by atoms with Crippen molar-refractivity contribution in [2.45, 2.75) is 18.9 Å². The Morgan fingerprint density at radius 3 is 2.93 bits per heavy atom. The first-order chi connectivity index (χ1) is 7.24. The largest absolute Gasteiger partial charge is 0.508 e. The van der Waals surface area contributed by atoms with Crippen LogP contribution in [0, 0.1) is 0 Å². The minimum Gasteiger partial charge on any atom is -0.508 e. The van der Waals surface area contributed by atoms with E-state index in [0.29, 0.717) is 5.75 Å². The first-order valence-corrected chi connectivity index (χ1v) is 5.82. The summed E-state index contributed by atoms with van der Waals surface area (Å²) in [6.45, 7) is 1.01. The third-order valence-electron chi connectivity index (χ3n) is 2.75. The molecule has 1 fully saturated rings. The summed E-state index contributed by atoms with van der Waals surface area (Å²) >= 11 is 3.48. The van der Waals surface area contributed by atoms with E-state index in [4.69, 9.17) is 4.74 Å². The van der Waals surface area contributed by atoms with Gasteiger partial charge in [0.05, 0.1) is 11.6 Å². The zero-order valence-electron chi connectivity index (χ0n) is 8.59. The fraction of sp³-hybridized carbons (Fsp3) is 0.455. The lowest BCUT2D eigenvalue weighted by Gasteiger charge is -2.16. The van der Waals surface area contributed by atoms with Crippen LogP contribution in [-0.2, 0) is 0 Å². The summed E-state index contributed by atoms with van der Waals surface area (Å²) in [7, 11) is 1.63. The van der Waals surface area contributed by atoms with Gasteiger partial charge in [-0.15, -0.1) is 0 Å². The van der Waals surface area contributed by atoms with Gasteiger partial charge in [-0.25, -0.2) is 0 Å². The van der Waals surface area contributed by atoms with Crippen LogP contribution in [0.3, 0.4) is 0 Å². The first-order valence-electron chi connectivity index (χ1n) is 5.02. The lowest BCUT2D eigenvalue weighted by Crippen LogP contribution is -2.13. The molecular weight excluding hydrogens is 258 g/mol. The van der Waals surface area contributed by atoms with Crippen molar-refractivity contribution in [1.82, 2.24) is 5.32 Å². The standard InChI is InChI=1S/C11H14BrNO2/c1-15-9-5-4-8(14)10(11(9)12)7-3-2-6-13-7/h4-5,7,13-14H,2-3,6H2,1H3. The fourth-order valence-electron chi connectivity index (χ4n) is 1.98. The fourth-order valence-corrected chi connectivity index (χ4v) is 2.76. The van der Waals surface area contributed by atoms with Crippen molar-refractivity contribution in [3.05, 3.63) is 22.2 Å². The Balaban J connectivity index is 2.43. The quantitative estimate of drug-likeness (QED) is 0.869. The molecule has 1 unspecified atom stereocenters. The molecule has 0 aromatic heterocycles. The van der Waals surface area contributed by atoms with E-state index in [1.165, 1.54) is 0 Å². The molecule has 0 saturated carbocycles. The number of benzene rings is 1. The molecule has 82 valence electrons. The highest BCUT2D eigenvalue weighted by molar-refractivity contribution is 9.10. The highest BCUT2D eigenvalue weighted by Crippen LogP contribution is 2.40. The maximum absolute atomic E-state index is 9.85. The molecule has 0 radical (unpaired) electrons. The molecule has 0 amide bonds. The molecule has 1 aliphatic rings. The molecule has 1 heterocycles. The van der Waals surface area contributed by atoms with E-state index in [9.17, 15) is 5.11 Å². The van der Waals surface area contributed by atoms with Gasteiger partial charge in [0.1, 0.15) is 11.5 Å². The molecule has 2 N–H and O–H groups in total. The second-order valence-corrected chi connectivity index (χ2v) is 4.46. The van der Waals surface area contributed by atoms with E-state index < -0.39 is 0 Å². The Bertz CT molecular complexity index is 362. The molecule has 0 aliphatic carbocycles. The lowest BCUT2D eigenvalue weighted by molar-refractivity contribution is 0.405. The van der Waals surface area contributed by atoms with Gasteiger partial charge in [-0.2, -0.15) is 0 Å². The van der Waals surface area contributed by atoms with Crippen molar-refractivity contribution in [3.63, 3.8) is 0 Å². The Hall–Kier alpha value is -0.740. The summed E-state index contributed by atoms with van der Waals surface area (Å²) in [4.78, 5) is 0. The minimum atomic E-state index is 0.231. The van der Waals surface area contributed by atoms with Crippen LogP contribution in [0.1, 0.15) is 24.4 Å². The maximum Gasteiger partial charge on any atom is 0.133 e. The second-order valence-electron chi connectivity index (χ2n) is 3.66. The molecule has 1 saturated heterocycles. The first kappa shape index (κ1) is 10.8. The Kier molecular flexibility index (Phi) is 3.17. The van der Waals surface area contributed by atoms with Crippen molar-refractivity contribution in [2.75, 3.05) is 13.7 Å². The summed E-state index contributed by atoms with van der Waals surface area (Å²) in [5.74, 6) is 1.08. The summed E-state index contributed by atoms with van der Waals surface area (Å²) in [5.41, 5.74) is 0.909. The van der Waals surface area contributed by atoms with Crippen LogP contribution in [-0.4, -0.2) is 18.8 Å². The number of phenols is 1. The van der Waals surface area contributed by atoms with Crippen molar-refractivity contribution >= 4 is 15.9 Å². The minimum absolute atomic E-state index is 0.231. The average Bonchev–Trinajstić information content (AvgIpc) is 2.71. The van der Waals surface area contributed by atoms with Crippen LogP contribution in [0.4, 0.5) is 0 Å². The van der Waals surface area contributed by atoms with E-state index in [1.807, 2.05) is 0 Å². The van der Waals surface area contributed by atoms with E-state index >= 15 is 0 Å². The smallest absolute Gasteiger partial charge is 0.133 e. The molecule has 4 heteroatoms. The highest BCUT2D eigenvalue weighted by atomic mass is 79.9. The molecule has 2 rings (SSSR count). The van der Waals surface area contributed by atoms with E-state index in [2.05, 4.69) is 21.2 Å². The number of hydrogen-bond donors (Lipinski definition) is 2. The maximum atomic E-state index is 9.85.